The van der Waals surface area contributed by atoms with Gasteiger partial charge in [0.25, 0.3) is 11.8 Å². The zero-order valence-electron chi connectivity index (χ0n) is 18.5. The molecule has 164 valence electrons. The van der Waals surface area contributed by atoms with Crippen LogP contribution in [0.2, 0.25) is 0 Å². The molecular weight excluding hydrogens is 400 g/mol. The maximum atomic E-state index is 13.3. The lowest BCUT2D eigenvalue weighted by Crippen LogP contribution is -2.61. The number of morpholine rings is 1. The summed E-state index contributed by atoms with van der Waals surface area (Å²) in [6.45, 7) is 0.990. The monoisotopic (exact) mass is 428 g/mol. The summed E-state index contributed by atoms with van der Waals surface area (Å²) >= 11 is 0. The number of carbonyl (C=O) groups excluding carboxylic acids is 2. The van der Waals surface area contributed by atoms with Crippen molar-refractivity contribution in [3.8, 4) is 11.1 Å². The molecule has 1 fully saturated rings. The smallest absolute Gasteiger partial charge is 0.256 e. The Morgan fingerprint density at radius 1 is 0.906 bits per heavy atom. The maximum Gasteiger partial charge on any atom is 0.256 e. The molecule has 0 aromatic heterocycles. The lowest BCUT2D eigenvalue weighted by Gasteiger charge is -2.43. The fourth-order valence-corrected chi connectivity index (χ4v) is 4.26. The van der Waals surface area contributed by atoms with Crippen LogP contribution in [-0.2, 0) is 16.0 Å². The van der Waals surface area contributed by atoms with Crippen LogP contribution in [0.1, 0.15) is 15.9 Å². The van der Waals surface area contributed by atoms with E-state index < -0.39 is 5.60 Å². The van der Waals surface area contributed by atoms with Gasteiger partial charge in [0.2, 0.25) is 0 Å². The van der Waals surface area contributed by atoms with Gasteiger partial charge >= 0.3 is 0 Å². The number of hydrogen-bond donors (Lipinski definition) is 0. The molecule has 3 aromatic carbocycles. The first-order valence-corrected chi connectivity index (χ1v) is 10.8. The van der Waals surface area contributed by atoms with Crippen molar-refractivity contribution in [1.29, 1.82) is 0 Å². The molecule has 3 aromatic rings. The highest BCUT2D eigenvalue weighted by Crippen LogP contribution is 2.28. The highest BCUT2D eigenvalue weighted by atomic mass is 16.5. The van der Waals surface area contributed by atoms with Crippen molar-refractivity contribution in [2.24, 2.45) is 0 Å². The molecule has 1 atom stereocenters. The maximum absolute atomic E-state index is 13.3. The first kappa shape index (κ1) is 21.8. The molecule has 4 rings (SSSR count). The summed E-state index contributed by atoms with van der Waals surface area (Å²) in [5.41, 5.74) is 2.69. The zero-order valence-corrected chi connectivity index (χ0v) is 18.5. The Balaban J connectivity index is 1.64. The molecule has 0 N–H and O–H groups in total. The fourth-order valence-electron chi connectivity index (χ4n) is 4.26. The Hall–Kier alpha value is -3.44. The normalized spacial score (nSPS) is 18.2. The molecule has 1 aliphatic heterocycles. The second-order valence-electron chi connectivity index (χ2n) is 8.38. The average molecular weight is 429 g/mol. The van der Waals surface area contributed by atoms with Crippen molar-refractivity contribution in [3.05, 3.63) is 96.1 Å². The third kappa shape index (κ3) is 4.58. The Labute approximate surface area is 189 Å². The van der Waals surface area contributed by atoms with Gasteiger partial charge in [0.15, 0.2) is 5.60 Å². The van der Waals surface area contributed by atoms with Crippen molar-refractivity contribution in [3.63, 3.8) is 0 Å². The van der Waals surface area contributed by atoms with Crippen molar-refractivity contribution in [2.75, 3.05) is 33.8 Å². The summed E-state index contributed by atoms with van der Waals surface area (Å²) in [6, 6.07) is 27.5. The van der Waals surface area contributed by atoms with E-state index in [4.69, 9.17) is 4.74 Å². The summed E-state index contributed by atoms with van der Waals surface area (Å²) in [4.78, 5) is 29.8. The van der Waals surface area contributed by atoms with Crippen LogP contribution in [0.5, 0.6) is 0 Å². The van der Waals surface area contributed by atoms with Crippen LogP contribution in [0.4, 0.5) is 0 Å². The van der Waals surface area contributed by atoms with Gasteiger partial charge in [-0.3, -0.25) is 9.59 Å². The van der Waals surface area contributed by atoms with Crippen molar-refractivity contribution < 1.29 is 14.3 Å². The van der Waals surface area contributed by atoms with Gasteiger partial charge in [0.05, 0.1) is 13.2 Å². The van der Waals surface area contributed by atoms with Crippen LogP contribution in [0.3, 0.4) is 0 Å². The summed E-state index contributed by atoms with van der Waals surface area (Å²) in [6.07, 6.45) is 0.392. The van der Waals surface area contributed by atoms with E-state index in [1.54, 1.807) is 36.0 Å². The first-order valence-electron chi connectivity index (χ1n) is 10.8. The van der Waals surface area contributed by atoms with Gasteiger partial charge in [-0.1, -0.05) is 72.8 Å². The van der Waals surface area contributed by atoms with E-state index >= 15 is 0 Å². The van der Waals surface area contributed by atoms with Gasteiger partial charge in [-0.25, -0.2) is 0 Å². The SMILES string of the molecule is CN(C)C(=O)C1(Cc2cccc(-c3ccccc3)c2)CN(C(=O)c2ccccc2)CCO1. The minimum Gasteiger partial charge on any atom is -0.361 e. The minimum atomic E-state index is -1.12. The first-order chi connectivity index (χ1) is 15.5. The van der Waals surface area contributed by atoms with Crippen LogP contribution in [0.15, 0.2) is 84.9 Å². The third-order valence-corrected chi connectivity index (χ3v) is 5.81. The van der Waals surface area contributed by atoms with Crippen LogP contribution in [0, 0.1) is 0 Å². The zero-order chi connectivity index (χ0) is 22.6. The highest BCUT2D eigenvalue weighted by molar-refractivity contribution is 5.95. The summed E-state index contributed by atoms with van der Waals surface area (Å²) in [7, 11) is 3.46. The number of benzene rings is 3. The third-order valence-electron chi connectivity index (χ3n) is 5.81. The predicted octanol–water partition coefficient (Wildman–Crippen LogP) is 3.90. The van der Waals surface area contributed by atoms with Gasteiger partial charge in [-0.15, -0.1) is 0 Å². The van der Waals surface area contributed by atoms with Gasteiger partial charge in [-0.05, 0) is 28.8 Å². The largest absolute Gasteiger partial charge is 0.361 e. The van der Waals surface area contributed by atoms with Crippen LogP contribution >= 0.6 is 0 Å². The van der Waals surface area contributed by atoms with Crippen LogP contribution in [-0.4, -0.2) is 61.0 Å². The van der Waals surface area contributed by atoms with Crippen LogP contribution < -0.4 is 0 Å². The Bertz CT molecular complexity index is 1080. The molecule has 0 aliphatic carbocycles. The lowest BCUT2D eigenvalue weighted by atomic mass is 9.89. The lowest BCUT2D eigenvalue weighted by molar-refractivity contribution is -0.165. The number of rotatable bonds is 5. The molecular formula is C27H28N2O3. The molecule has 1 saturated heterocycles. The quantitative estimate of drug-likeness (QED) is 0.619. The van der Waals surface area contributed by atoms with Gasteiger partial charge in [-0.2, -0.15) is 0 Å². The Morgan fingerprint density at radius 2 is 1.56 bits per heavy atom. The van der Waals surface area contributed by atoms with E-state index in [0.29, 0.717) is 25.1 Å². The number of carbonyl (C=O) groups is 2. The van der Waals surface area contributed by atoms with Gasteiger partial charge in [0, 0.05) is 32.6 Å². The van der Waals surface area contributed by atoms with Crippen LogP contribution in [0.25, 0.3) is 11.1 Å². The van der Waals surface area contributed by atoms with E-state index in [-0.39, 0.29) is 18.4 Å². The molecule has 32 heavy (non-hydrogen) atoms. The summed E-state index contributed by atoms with van der Waals surface area (Å²) in [5, 5.41) is 0. The highest BCUT2D eigenvalue weighted by Gasteiger charge is 2.46. The molecule has 1 aliphatic rings. The van der Waals surface area contributed by atoms with Crippen molar-refractivity contribution >= 4 is 11.8 Å². The number of hydrogen-bond acceptors (Lipinski definition) is 3. The summed E-state index contributed by atoms with van der Waals surface area (Å²) < 4.78 is 6.17. The summed E-state index contributed by atoms with van der Waals surface area (Å²) in [5.74, 6) is -0.212. The predicted molar refractivity (Wildman–Crippen MR) is 125 cm³/mol. The minimum absolute atomic E-state index is 0.0807. The fraction of sp³-hybridized carbons (Fsp3) is 0.259. The molecule has 0 saturated carbocycles. The molecule has 0 bridgehead atoms. The Kier molecular flexibility index (Phi) is 6.37. The van der Waals surface area contributed by atoms with Gasteiger partial charge < -0.3 is 14.5 Å². The average Bonchev–Trinajstić information content (AvgIpc) is 2.84. The van der Waals surface area contributed by atoms with E-state index in [1.165, 1.54) is 0 Å². The second kappa shape index (κ2) is 9.37. The molecule has 0 radical (unpaired) electrons. The molecule has 0 spiro atoms. The van der Waals surface area contributed by atoms with Crippen molar-refractivity contribution in [1.82, 2.24) is 9.80 Å². The second-order valence-corrected chi connectivity index (χ2v) is 8.38. The standard InChI is InChI=1S/C27H28N2O3/c1-28(2)26(31)27(19-21-10-9-15-24(18-21)22-11-5-3-6-12-22)20-29(16-17-32-27)25(30)23-13-7-4-8-14-23/h3-15,18H,16-17,19-20H2,1-2H3. The van der Waals surface area contributed by atoms with Gasteiger partial charge in [0.1, 0.15) is 0 Å². The van der Waals surface area contributed by atoms with E-state index in [9.17, 15) is 9.59 Å². The molecule has 1 heterocycles. The molecule has 5 heteroatoms. The number of ether oxygens (including phenoxy) is 1. The Morgan fingerprint density at radius 3 is 2.25 bits per heavy atom. The molecule has 5 nitrogen and oxygen atoms in total. The molecule has 2 amide bonds. The van der Waals surface area contributed by atoms with Crippen molar-refractivity contribution in [2.45, 2.75) is 12.0 Å². The topological polar surface area (TPSA) is 49.9 Å². The van der Waals surface area contributed by atoms with E-state index in [0.717, 1.165) is 16.7 Å². The number of amides is 2. The van der Waals surface area contributed by atoms with E-state index in [2.05, 4.69) is 24.3 Å². The molecule has 1 unspecified atom stereocenters. The number of nitrogens with zero attached hydrogens (tertiary/aromatic N) is 2. The number of likely N-dealkylation sites (N-methyl/N-ethyl adjacent to an activating group) is 1. The van der Waals surface area contributed by atoms with E-state index in [1.807, 2.05) is 48.5 Å².